The zero-order valence-electron chi connectivity index (χ0n) is 14.4. The summed E-state index contributed by atoms with van der Waals surface area (Å²) in [7, 11) is 1.42. The smallest absolute Gasteiger partial charge is 0.361 e. The number of nitrogens with one attached hydrogen (secondary N) is 2. The minimum Gasteiger partial charge on any atom is -0.501 e. The molecule has 0 aromatic carbocycles. The molecule has 2 saturated heterocycles. The first-order chi connectivity index (χ1) is 12.3. The maximum atomic E-state index is 12.2. The quantitative estimate of drug-likeness (QED) is 0.450. The first-order valence-corrected chi connectivity index (χ1v) is 8.14. The van der Waals surface area contributed by atoms with Crippen molar-refractivity contribution in [3.63, 3.8) is 0 Å². The summed E-state index contributed by atoms with van der Waals surface area (Å²) in [5, 5.41) is 14.8. The van der Waals surface area contributed by atoms with E-state index >= 15 is 0 Å². The highest BCUT2D eigenvalue weighted by atomic mass is 16.5. The fourth-order valence-electron chi connectivity index (χ4n) is 3.17. The molecule has 11 heteroatoms. The summed E-state index contributed by atoms with van der Waals surface area (Å²) in [6, 6.07) is -0.525. The zero-order chi connectivity index (χ0) is 19.1. The molecular formula is C15H19N5O6. The summed E-state index contributed by atoms with van der Waals surface area (Å²) in [6.45, 7) is 2.31. The zero-order valence-corrected chi connectivity index (χ0v) is 14.4. The van der Waals surface area contributed by atoms with E-state index in [-0.39, 0.29) is 18.5 Å². The molecular weight excluding hydrogens is 346 g/mol. The third-order valence-electron chi connectivity index (χ3n) is 4.63. The van der Waals surface area contributed by atoms with Crippen LogP contribution in [0.1, 0.15) is 30.3 Å². The van der Waals surface area contributed by atoms with Crippen molar-refractivity contribution in [1.29, 1.82) is 0 Å². The first-order valence-electron chi connectivity index (χ1n) is 8.14. The van der Waals surface area contributed by atoms with Gasteiger partial charge in [-0.1, -0.05) is 0 Å². The highest BCUT2D eigenvalue weighted by Crippen LogP contribution is 2.28. The van der Waals surface area contributed by atoms with Gasteiger partial charge in [0.2, 0.25) is 11.7 Å². The van der Waals surface area contributed by atoms with Crippen LogP contribution in [0.25, 0.3) is 0 Å². The van der Waals surface area contributed by atoms with Crippen molar-refractivity contribution in [2.45, 2.75) is 25.3 Å². The monoisotopic (exact) mass is 365 g/mol. The van der Waals surface area contributed by atoms with E-state index in [1.807, 2.05) is 0 Å². The Hall–Kier alpha value is -3.11. The topological polar surface area (TPSA) is 143 Å². The van der Waals surface area contributed by atoms with Gasteiger partial charge in [0.25, 0.3) is 11.5 Å². The average Bonchev–Trinajstić information content (AvgIpc) is 2.87. The van der Waals surface area contributed by atoms with E-state index in [1.165, 1.54) is 7.05 Å². The average molecular weight is 365 g/mol. The molecule has 0 bridgehead atoms. The Morgan fingerprint density at radius 3 is 2.50 bits per heavy atom. The highest BCUT2D eigenvalue weighted by molar-refractivity contribution is 6.07. The number of carbonyl (C=O) groups is 3. The van der Waals surface area contributed by atoms with Crippen molar-refractivity contribution in [3.05, 3.63) is 16.0 Å². The number of anilines is 1. The van der Waals surface area contributed by atoms with Gasteiger partial charge in [0.15, 0.2) is 5.69 Å². The van der Waals surface area contributed by atoms with E-state index < -0.39 is 34.5 Å². The molecule has 3 amide bonds. The first kappa shape index (κ1) is 17.7. The molecule has 1 aromatic rings. The molecule has 0 unspecified atom stereocenters. The predicted molar refractivity (Wildman–Crippen MR) is 88.0 cm³/mol. The minimum atomic E-state index is -0.965. The number of rotatable bonds is 3. The molecule has 3 N–H and O–H groups in total. The van der Waals surface area contributed by atoms with Gasteiger partial charge in [0, 0.05) is 20.1 Å². The second-order valence-corrected chi connectivity index (χ2v) is 6.17. The van der Waals surface area contributed by atoms with Crippen molar-refractivity contribution >= 4 is 23.9 Å². The molecule has 2 fully saturated rings. The van der Waals surface area contributed by atoms with Crippen LogP contribution in [0.4, 0.5) is 10.7 Å². The second kappa shape index (κ2) is 6.32. The number of carbonyl (C=O) groups excluding carboxylic acids is 3. The fourth-order valence-corrected chi connectivity index (χ4v) is 3.17. The summed E-state index contributed by atoms with van der Waals surface area (Å²) in [5.74, 6) is -1.86. The Morgan fingerprint density at radius 1 is 1.31 bits per heavy atom. The number of hydrogen-bond donors (Lipinski definition) is 3. The molecule has 1 aromatic heterocycles. The molecule has 140 valence electrons. The van der Waals surface area contributed by atoms with Crippen LogP contribution in [0.15, 0.2) is 4.79 Å². The third-order valence-corrected chi connectivity index (χ3v) is 4.63. The van der Waals surface area contributed by atoms with E-state index in [9.17, 15) is 24.3 Å². The van der Waals surface area contributed by atoms with Crippen LogP contribution in [0.3, 0.4) is 0 Å². The third kappa shape index (κ3) is 2.74. The van der Waals surface area contributed by atoms with E-state index in [0.29, 0.717) is 25.9 Å². The fraction of sp³-hybridized carbons (Fsp3) is 0.533. The molecule has 0 radical (unpaired) electrons. The predicted octanol–water partition coefficient (Wildman–Crippen LogP) is -1.16. The molecule has 0 saturated carbocycles. The van der Waals surface area contributed by atoms with Gasteiger partial charge >= 0.3 is 12.0 Å². The minimum absolute atomic E-state index is 0.0749. The van der Waals surface area contributed by atoms with Gasteiger partial charge in [-0.2, -0.15) is 0 Å². The van der Waals surface area contributed by atoms with Gasteiger partial charge in [-0.25, -0.2) is 14.6 Å². The summed E-state index contributed by atoms with van der Waals surface area (Å²) >= 11 is 0. The normalized spacial score (nSPS) is 18.6. The standard InChI is InChI=1S/C15H19N5O6/c1-3-26-11(23)8-9(21)10(22)19(2)14(16-8)20-6-4-15(5-7-20)12(24)17-13(25)18-15/h21H,3-7H2,1-2H3,(H2,17,18,24,25). The molecule has 0 aliphatic carbocycles. The van der Waals surface area contributed by atoms with Crippen LogP contribution in [0, 0.1) is 0 Å². The Labute approximate surface area is 147 Å². The lowest BCUT2D eigenvalue weighted by Crippen LogP contribution is -2.55. The van der Waals surface area contributed by atoms with Gasteiger partial charge in [-0.3, -0.25) is 19.5 Å². The van der Waals surface area contributed by atoms with Crippen LogP contribution in [0.5, 0.6) is 5.75 Å². The second-order valence-electron chi connectivity index (χ2n) is 6.17. The number of amides is 3. The lowest BCUT2D eigenvalue weighted by Gasteiger charge is -2.37. The molecule has 2 aliphatic heterocycles. The van der Waals surface area contributed by atoms with Crippen molar-refractivity contribution in [3.8, 4) is 5.75 Å². The lowest BCUT2D eigenvalue weighted by atomic mass is 9.88. The SMILES string of the molecule is CCOC(=O)c1nc(N2CCC3(CC2)NC(=O)NC3=O)n(C)c(=O)c1O. The maximum absolute atomic E-state index is 12.2. The largest absolute Gasteiger partial charge is 0.501 e. The molecule has 2 aliphatic rings. The summed E-state index contributed by atoms with van der Waals surface area (Å²) in [4.78, 5) is 53.4. The Kier molecular flexibility index (Phi) is 4.30. The van der Waals surface area contributed by atoms with Crippen molar-refractivity contribution in [2.75, 3.05) is 24.6 Å². The van der Waals surface area contributed by atoms with Crippen molar-refractivity contribution < 1.29 is 24.2 Å². The Balaban J connectivity index is 1.89. The number of nitrogens with zero attached hydrogens (tertiary/aromatic N) is 3. The summed E-state index contributed by atoms with van der Waals surface area (Å²) in [5.41, 5.74) is -2.18. The Morgan fingerprint density at radius 2 is 1.96 bits per heavy atom. The summed E-state index contributed by atoms with van der Waals surface area (Å²) < 4.78 is 5.95. The van der Waals surface area contributed by atoms with Gasteiger partial charge < -0.3 is 20.1 Å². The van der Waals surface area contributed by atoms with Crippen molar-refractivity contribution in [2.24, 2.45) is 7.05 Å². The molecule has 3 rings (SSSR count). The van der Waals surface area contributed by atoms with Crippen LogP contribution in [-0.4, -0.2) is 57.8 Å². The summed E-state index contributed by atoms with van der Waals surface area (Å²) in [6.07, 6.45) is 0.631. The number of ether oxygens (including phenoxy) is 1. The van der Waals surface area contributed by atoms with E-state index in [1.54, 1.807) is 11.8 Å². The van der Waals surface area contributed by atoms with Crippen molar-refractivity contribution in [1.82, 2.24) is 20.2 Å². The van der Waals surface area contributed by atoms with Crippen LogP contribution in [0.2, 0.25) is 0 Å². The van der Waals surface area contributed by atoms with E-state index in [0.717, 1.165) is 4.57 Å². The molecule has 3 heterocycles. The molecule has 1 spiro atoms. The van der Waals surface area contributed by atoms with Gasteiger partial charge in [0.05, 0.1) is 6.61 Å². The van der Waals surface area contributed by atoms with Gasteiger partial charge in [0.1, 0.15) is 5.54 Å². The number of aromatic hydroxyl groups is 1. The van der Waals surface area contributed by atoms with E-state index in [4.69, 9.17) is 4.74 Å². The Bertz CT molecular complexity index is 840. The van der Waals surface area contributed by atoms with Gasteiger partial charge in [-0.15, -0.1) is 0 Å². The lowest BCUT2D eigenvalue weighted by molar-refractivity contribution is -0.124. The molecule has 11 nitrogen and oxygen atoms in total. The number of urea groups is 1. The van der Waals surface area contributed by atoms with Crippen LogP contribution >= 0.6 is 0 Å². The number of piperidine rings is 1. The van der Waals surface area contributed by atoms with Gasteiger partial charge in [-0.05, 0) is 19.8 Å². The molecule has 26 heavy (non-hydrogen) atoms. The van der Waals surface area contributed by atoms with E-state index in [2.05, 4.69) is 15.6 Å². The molecule has 0 atom stereocenters. The number of hydrogen-bond acceptors (Lipinski definition) is 8. The van der Waals surface area contributed by atoms with Crippen LogP contribution in [-0.2, 0) is 16.6 Å². The number of esters is 1. The maximum Gasteiger partial charge on any atom is 0.361 e. The van der Waals surface area contributed by atoms with Crippen LogP contribution < -0.4 is 21.1 Å². The highest BCUT2D eigenvalue weighted by Gasteiger charge is 2.48. The number of aromatic nitrogens is 2. The number of imide groups is 1.